The number of rotatable bonds is 10. The van der Waals surface area contributed by atoms with Gasteiger partial charge in [-0.1, -0.05) is 6.92 Å². The lowest BCUT2D eigenvalue weighted by atomic mass is 10.1. The minimum absolute atomic E-state index is 0.0279. The third kappa shape index (κ3) is 5.74. The molecule has 1 N–H and O–H groups in total. The van der Waals surface area contributed by atoms with Crippen molar-refractivity contribution in [3.05, 3.63) is 41.5 Å². The molecular weight excluding hydrogens is 452 g/mol. The lowest BCUT2D eigenvalue weighted by molar-refractivity contribution is -0.116. The molecule has 0 unspecified atom stereocenters. The fourth-order valence-electron chi connectivity index (χ4n) is 3.14. The SMILES string of the molecule is CCN(CC(=O)Nc1cc(OC)c(OC)cc1C(=O)OC)S(=O)(=O)c1ccc(OC)c(C)c1. The maximum Gasteiger partial charge on any atom is 0.340 e. The van der Waals surface area contributed by atoms with Crippen LogP contribution < -0.4 is 19.5 Å². The van der Waals surface area contributed by atoms with Gasteiger partial charge in [0.2, 0.25) is 15.9 Å². The molecule has 2 aromatic rings. The van der Waals surface area contributed by atoms with Crippen LogP contribution in [-0.4, -0.2) is 66.1 Å². The zero-order valence-corrected chi connectivity index (χ0v) is 20.2. The first kappa shape index (κ1) is 25.9. The molecule has 0 atom stereocenters. The van der Waals surface area contributed by atoms with E-state index in [2.05, 4.69) is 5.32 Å². The standard InChI is InChI=1S/C22H28N2O8S/c1-7-24(33(27,28)15-8-9-18(29-3)14(2)10-15)13-21(25)23-17-12-20(31-5)19(30-4)11-16(17)22(26)32-6/h8-12H,7,13H2,1-6H3,(H,23,25). The Kier molecular flexibility index (Phi) is 8.66. The monoisotopic (exact) mass is 480 g/mol. The number of hydrogen-bond acceptors (Lipinski definition) is 8. The summed E-state index contributed by atoms with van der Waals surface area (Å²) in [6.45, 7) is 2.93. The van der Waals surface area contributed by atoms with Crippen molar-refractivity contribution in [2.45, 2.75) is 18.7 Å². The molecule has 0 fully saturated rings. The molecular formula is C22H28N2O8S. The van der Waals surface area contributed by atoms with Crippen LogP contribution in [0.15, 0.2) is 35.2 Å². The van der Waals surface area contributed by atoms with Crippen molar-refractivity contribution in [1.82, 2.24) is 4.31 Å². The van der Waals surface area contributed by atoms with Crippen LogP contribution in [-0.2, 0) is 19.6 Å². The highest BCUT2D eigenvalue weighted by Gasteiger charge is 2.27. The maximum absolute atomic E-state index is 13.1. The molecule has 11 heteroatoms. The molecule has 33 heavy (non-hydrogen) atoms. The molecule has 0 aliphatic rings. The van der Waals surface area contributed by atoms with Crippen molar-refractivity contribution in [3.63, 3.8) is 0 Å². The van der Waals surface area contributed by atoms with Crippen LogP contribution in [0.5, 0.6) is 17.2 Å². The van der Waals surface area contributed by atoms with Gasteiger partial charge in [0.05, 0.1) is 51.1 Å². The van der Waals surface area contributed by atoms with Gasteiger partial charge in [-0.25, -0.2) is 13.2 Å². The number of hydrogen-bond donors (Lipinski definition) is 1. The van der Waals surface area contributed by atoms with Gasteiger partial charge in [0.25, 0.3) is 0 Å². The van der Waals surface area contributed by atoms with Crippen LogP contribution in [0.2, 0.25) is 0 Å². The van der Waals surface area contributed by atoms with Crippen molar-refractivity contribution in [2.24, 2.45) is 0 Å². The zero-order chi connectivity index (χ0) is 24.8. The minimum Gasteiger partial charge on any atom is -0.496 e. The molecule has 0 aromatic heterocycles. The number of nitrogens with zero attached hydrogens (tertiary/aromatic N) is 1. The van der Waals surface area contributed by atoms with E-state index < -0.39 is 28.4 Å². The Balaban J connectivity index is 2.33. The second-order valence-electron chi connectivity index (χ2n) is 6.86. The number of ether oxygens (including phenoxy) is 4. The van der Waals surface area contributed by atoms with E-state index in [1.807, 2.05) is 0 Å². The van der Waals surface area contributed by atoms with Crippen LogP contribution >= 0.6 is 0 Å². The molecule has 0 aliphatic heterocycles. The Bertz CT molecular complexity index is 1130. The van der Waals surface area contributed by atoms with Crippen LogP contribution in [0.4, 0.5) is 5.69 Å². The second kappa shape index (κ2) is 11.0. The van der Waals surface area contributed by atoms with Gasteiger partial charge >= 0.3 is 5.97 Å². The van der Waals surface area contributed by atoms with Gasteiger partial charge in [-0.2, -0.15) is 4.31 Å². The second-order valence-corrected chi connectivity index (χ2v) is 8.79. The van der Waals surface area contributed by atoms with E-state index in [0.29, 0.717) is 11.3 Å². The summed E-state index contributed by atoms with van der Waals surface area (Å²) in [5.74, 6) is -0.265. The number of aryl methyl sites for hydroxylation is 1. The fourth-order valence-corrected chi connectivity index (χ4v) is 4.63. The number of likely N-dealkylation sites (N-methyl/N-ethyl adjacent to an activating group) is 1. The van der Waals surface area contributed by atoms with Crippen LogP contribution in [0.3, 0.4) is 0 Å². The van der Waals surface area contributed by atoms with Crippen molar-refractivity contribution in [3.8, 4) is 17.2 Å². The predicted octanol–water partition coefficient (Wildman–Crippen LogP) is 2.46. The Labute approximate surface area is 193 Å². The number of anilines is 1. The predicted molar refractivity (Wildman–Crippen MR) is 122 cm³/mol. The summed E-state index contributed by atoms with van der Waals surface area (Å²) in [7, 11) is 1.55. The van der Waals surface area contributed by atoms with Crippen molar-refractivity contribution >= 4 is 27.6 Å². The first-order valence-corrected chi connectivity index (χ1v) is 11.4. The first-order valence-electron chi connectivity index (χ1n) is 9.91. The van der Waals surface area contributed by atoms with Gasteiger partial charge in [0.15, 0.2) is 11.5 Å². The highest BCUT2D eigenvalue weighted by Crippen LogP contribution is 2.34. The fraction of sp³-hybridized carbons (Fsp3) is 0.364. The van der Waals surface area contributed by atoms with E-state index in [1.165, 1.54) is 52.7 Å². The average Bonchev–Trinajstić information content (AvgIpc) is 2.81. The Hall–Kier alpha value is -3.31. The normalized spacial score (nSPS) is 11.1. The molecule has 0 heterocycles. The largest absolute Gasteiger partial charge is 0.496 e. The lowest BCUT2D eigenvalue weighted by Gasteiger charge is -2.21. The van der Waals surface area contributed by atoms with E-state index in [1.54, 1.807) is 19.9 Å². The Morgan fingerprint density at radius 3 is 2.06 bits per heavy atom. The van der Waals surface area contributed by atoms with Crippen molar-refractivity contribution in [1.29, 1.82) is 0 Å². The van der Waals surface area contributed by atoms with Crippen LogP contribution in [0, 0.1) is 6.92 Å². The van der Waals surface area contributed by atoms with Gasteiger partial charge in [0, 0.05) is 18.7 Å². The van der Waals surface area contributed by atoms with Crippen LogP contribution in [0.1, 0.15) is 22.8 Å². The smallest absolute Gasteiger partial charge is 0.340 e. The number of carbonyl (C=O) groups excluding carboxylic acids is 2. The summed E-state index contributed by atoms with van der Waals surface area (Å²) in [4.78, 5) is 25.0. The van der Waals surface area contributed by atoms with Gasteiger partial charge in [-0.05, 0) is 30.7 Å². The summed E-state index contributed by atoms with van der Waals surface area (Å²) in [6, 6.07) is 7.24. The number of amides is 1. The number of benzene rings is 2. The molecule has 0 aliphatic carbocycles. The summed E-state index contributed by atoms with van der Waals surface area (Å²) >= 11 is 0. The maximum atomic E-state index is 13.1. The molecule has 0 saturated carbocycles. The van der Waals surface area contributed by atoms with Gasteiger partial charge < -0.3 is 24.3 Å². The van der Waals surface area contributed by atoms with E-state index in [0.717, 1.165) is 4.31 Å². The van der Waals surface area contributed by atoms with Crippen molar-refractivity contribution < 1.29 is 37.0 Å². The van der Waals surface area contributed by atoms with Gasteiger partial charge in [-0.15, -0.1) is 0 Å². The minimum atomic E-state index is -3.96. The summed E-state index contributed by atoms with van der Waals surface area (Å²) in [6.07, 6.45) is 0. The average molecular weight is 481 g/mol. The molecule has 180 valence electrons. The van der Waals surface area contributed by atoms with Gasteiger partial charge in [0.1, 0.15) is 5.75 Å². The lowest BCUT2D eigenvalue weighted by Crippen LogP contribution is -2.38. The molecule has 1 amide bonds. The van der Waals surface area contributed by atoms with Crippen molar-refractivity contribution in [2.75, 3.05) is 46.8 Å². The number of nitrogens with one attached hydrogen (secondary N) is 1. The molecule has 2 aromatic carbocycles. The quantitative estimate of drug-likeness (QED) is 0.515. The van der Waals surface area contributed by atoms with E-state index >= 15 is 0 Å². The highest BCUT2D eigenvalue weighted by atomic mass is 32.2. The Morgan fingerprint density at radius 1 is 0.939 bits per heavy atom. The third-order valence-electron chi connectivity index (χ3n) is 4.88. The number of methoxy groups -OCH3 is 4. The van der Waals surface area contributed by atoms with Gasteiger partial charge in [-0.3, -0.25) is 4.79 Å². The third-order valence-corrected chi connectivity index (χ3v) is 6.80. The van der Waals surface area contributed by atoms with E-state index in [9.17, 15) is 18.0 Å². The first-order chi connectivity index (χ1) is 15.6. The van der Waals surface area contributed by atoms with E-state index in [4.69, 9.17) is 18.9 Å². The molecule has 2 rings (SSSR count). The van der Waals surface area contributed by atoms with Crippen LogP contribution in [0.25, 0.3) is 0 Å². The molecule has 0 saturated heterocycles. The number of carbonyl (C=O) groups is 2. The summed E-state index contributed by atoms with van der Waals surface area (Å²) in [5, 5.41) is 2.57. The molecule has 0 bridgehead atoms. The zero-order valence-electron chi connectivity index (χ0n) is 19.4. The Morgan fingerprint density at radius 2 is 1.55 bits per heavy atom. The molecule has 10 nitrogen and oxygen atoms in total. The molecule has 0 spiro atoms. The summed E-state index contributed by atoms with van der Waals surface area (Å²) in [5.41, 5.74) is 0.769. The summed E-state index contributed by atoms with van der Waals surface area (Å²) < 4.78 is 47.6. The number of esters is 1. The topological polar surface area (TPSA) is 120 Å². The number of sulfonamides is 1. The molecule has 0 radical (unpaired) electrons. The van der Waals surface area contributed by atoms with E-state index in [-0.39, 0.29) is 34.2 Å². The highest BCUT2D eigenvalue weighted by molar-refractivity contribution is 7.89.